The minimum absolute atomic E-state index is 0.0435. The third-order valence-corrected chi connectivity index (χ3v) is 2.49. The van der Waals surface area contributed by atoms with E-state index in [4.69, 9.17) is 5.11 Å². The van der Waals surface area contributed by atoms with Crippen molar-refractivity contribution in [2.24, 2.45) is 0 Å². The molecule has 6 nitrogen and oxygen atoms in total. The lowest BCUT2D eigenvalue weighted by molar-refractivity contribution is -0.125. The first kappa shape index (κ1) is 8.31. The second-order valence-electron chi connectivity index (χ2n) is 3.31. The van der Waals surface area contributed by atoms with Gasteiger partial charge in [0.05, 0.1) is 12.1 Å². The minimum Gasteiger partial charge on any atom is -0.465 e. The van der Waals surface area contributed by atoms with Gasteiger partial charge in [-0.05, 0) is 0 Å². The van der Waals surface area contributed by atoms with Crippen molar-refractivity contribution in [2.75, 3.05) is 19.6 Å². The van der Waals surface area contributed by atoms with Gasteiger partial charge in [0.1, 0.15) is 6.54 Å². The Labute approximate surface area is 74.9 Å². The van der Waals surface area contributed by atoms with E-state index in [0.717, 1.165) is 0 Å². The molecule has 0 radical (unpaired) electrons. The van der Waals surface area contributed by atoms with Crippen LogP contribution in [0, 0.1) is 0 Å². The molecule has 13 heavy (non-hydrogen) atoms. The number of rotatable bonds is 0. The van der Waals surface area contributed by atoms with Crippen molar-refractivity contribution >= 4 is 12.0 Å². The van der Waals surface area contributed by atoms with Gasteiger partial charge in [-0.3, -0.25) is 9.69 Å². The van der Waals surface area contributed by atoms with E-state index in [1.807, 2.05) is 0 Å². The van der Waals surface area contributed by atoms with Crippen molar-refractivity contribution in [1.82, 2.24) is 15.5 Å². The Kier molecular flexibility index (Phi) is 1.84. The third kappa shape index (κ3) is 1.33. The molecule has 2 amide bonds. The molecule has 3 N–H and O–H groups in total. The molecule has 2 atom stereocenters. The monoisotopic (exact) mass is 185 g/mol. The summed E-state index contributed by atoms with van der Waals surface area (Å²) in [7, 11) is 0. The Bertz CT molecular complexity index is 253. The zero-order chi connectivity index (χ0) is 9.42. The lowest BCUT2D eigenvalue weighted by Crippen LogP contribution is -2.61. The molecule has 0 aliphatic carbocycles. The summed E-state index contributed by atoms with van der Waals surface area (Å²) in [6.07, 6.45) is -1.02. The standard InChI is InChI=1S/C7H11N3O3/c11-6-3-10(7(12)13)5-2-8-1-4(5)9-6/h4-5,8H,1-3H2,(H,9,11)(H,12,13)/t4-,5-/m0/s1. The van der Waals surface area contributed by atoms with E-state index in [0.29, 0.717) is 13.1 Å². The fraction of sp³-hybridized carbons (Fsp3) is 0.714. The van der Waals surface area contributed by atoms with Gasteiger partial charge < -0.3 is 15.7 Å². The van der Waals surface area contributed by atoms with Crippen LogP contribution in [0.4, 0.5) is 4.79 Å². The van der Waals surface area contributed by atoms with Crippen LogP contribution in [-0.4, -0.2) is 53.7 Å². The van der Waals surface area contributed by atoms with Gasteiger partial charge in [0.15, 0.2) is 0 Å². The average Bonchev–Trinajstić information content (AvgIpc) is 2.49. The highest BCUT2D eigenvalue weighted by molar-refractivity contribution is 5.83. The van der Waals surface area contributed by atoms with Crippen LogP contribution in [0.5, 0.6) is 0 Å². The molecule has 0 saturated carbocycles. The van der Waals surface area contributed by atoms with E-state index >= 15 is 0 Å². The molecule has 0 aromatic rings. The summed E-state index contributed by atoms with van der Waals surface area (Å²) in [5.41, 5.74) is 0. The second-order valence-corrected chi connectivity index (χ2v) is 3.31. The minimum atomic E-state index is -1.02. The van der Waals surface area contributed by atoms with Crippen molar-refractivity contribution in [2.45, 2.75) is 12.1 Å². The van der Waals surface area contributed by atoms with Crippen molar-refractivity contribution in [3.05, 3.63) is 0 Å². The molecule has 2 aliphatic heterocycles. The van der Waals surface area contributed by atoms with Gasteiger partial charge in [-0.15, -0.1) is 0 Å². The van der Waals surface area contributed by atoms with Crippen LogP contribution in [-0.2, 0) is 4.79 Å². The van der Waals surface area contributed by atoms with Crippen LogP contribution in [0.15, 0.2) is 0 Å². The first-order valence-corrected chi connectivity index (χ1v) is 4.18. The predicted molar refractivity (Wildman–Crippen MR) is 43.3 cm³/mol. The molecular formula is C7H11N3O3. The van der Waals surface area contributed by atoms with E-state index in [9.17, 15) is 9.59 Å². The summed E-state index contributed by atoms with van der Waals surface area (Å²) in [5, 5.41) is 14.6. The van der Waals surface area contributed by atoms with E-state index in [-0.39, 0.29) is 24.5 Å². The number of carboxylic acid groups (broad SMARTS) is 1. The molecular weight excluding hydrogens is 174 g/mol. The number of amides is 2. The zero-order valence-corrected chi connectivity index (χ0v) is 6.99. The molecule has 2 heterocycles. The molecule has 2 rings (SSSR count). The Morgan fingerprint density at radius 2 is 2.31 bits per heavy atom. The Morgan fingerprint density at radius 3 is 3.00 bits per heavy atom. The molecule has 6 heteroatoms. The first-order valence-electron chi connectivity index (χ1n) is 4.18. The largest absolute Gasteiger partial charge is 0.465 e. The van der Waals surface area contributed by atoms with Crippen LogP contribution < -0.4 is 10.6 Å². The van der Waals surface area contributed by atoms with Gasteiger partial charge in [-0.2, -0.15) is 0 Å². The summed E-state index contributed by atoms with van der Waals surface area (Å²) in [6.45, 7) is 1.23. The summed E-state index contributed by atoms with van der Waals surface area (Å²) < 4.78 is 0. The number of carbonyl (C=O) groups excluding carboxylic acids is 1. The maximum Gasteiger partial charge on any atom is 0.408 e. The maximum atomic E-state index is 11.1. The molecule has 0 spiro atoms. The van der Waals surface area contributed by atoms with Crippen molar-refractivity contribution in [3.63, 3.8) is 0 Å². The lowest BCUT2D eigenvalue weighted by Gasteiger charge is -2.34. The maximum absolute atomic E-state index is 11.1. The van der Waals surface area contributed by atoms with Crippen LogP contribution in [0.2, 0.25) is 0 Å². The Morgan fingerprint density at radius 1 is 1.54 bits per heavy atom. The van der Waals surface area contributed by atoms with Gasteiger partial charge >= 0.3 is 6.09 Å². The van der Waals surface area contributed by atoms with Crippen LogP contribution in [0.1, 0.15) is 0 Å². The van der Waals surface area contributed by atoms with E-state index in [1.165, 1.54) is 4.90 Å². The molecule has 2 aliphatic rings. The number of hydrogen-bond donors (Lipinski definition) is 3. The fourth-order valence-corrected chi connectivity index (χ4v) is 1.87. The number of nitrogens with zero attached hydrogens (tertiary/aromatic N) is 1. The van der Waals surface area contributed by atoms with E-state index < -0.39 is 6.09 Å². The van der Waals surface area contributed by atoms with Gasteiger partial charge in [0.25, 0.3) is 0 Å². The Balaban J connectivity index is 2.16. The molecule has 0 aromatic carbocycles. The highest BCUT2D eigenvalue weighted by atomic mass is 16.4. The molecule has 0 unspecified atom stereocenters. The van der Waals surface area contributed by atoms with Gasteiger partial charge in [-0.25, -0.2) is 4.79 Å². The quantitative estimate of drug-likeness (QED) is 0.426. The van der Waals surface area contributed by atoms with E-state index in [1.54, 1.807) is 0 Å². The average molecular weight is 185 g/mol. The molecule has 2 fully saturated rings. The topological polar surface area (TPSA) is 81.7 Å². The predicted octanol–water partition coefficient (Wildman–Crippen LogP) is -1.56. The lowest BCUT2D eigenvalue weighted by atomic mass is 10.1. The van der Waals surface area contributed by atoms with Crippen molar-refractivity contribution in [1.29, 1.82) is 0 Å². The number of nitrogens with one attached hydrogen (secondary N) is 2. The van der Waals surface area contributed by atoms with Gasteiger partial charge in [-0.1, -0.05) is 0 Å². The normalized spacial score (nSPS) is 32.6. The number of hydrogen-bond acceptors (Lipinski definition) is 3. The first-order chi connectivity index (χ1) is 6.18. The Hall–Kier alpha value is -1.30. The summed E-state index contributed by atoms with van der Waals surface area (Å²) in [4.78, 5) is 23.0. The number of fused-ring (bicyclic) bond motifs is 1. The third-order valence-electron chi connectivity index (χ3n) is 2.49. The zero-order valence-electron chi connectivity index (χ0n) is 6.99. The summed E-state index contributed by atoms with van der Waals surface area (Å²) >= 11 is 0. The van der Waals surface area contributed by atoms with Gasteiger partial charge in [0, 0.05) is 13.1 Å². The molecule has 2 saturated heterocycles. The van der Waals surface area contributed by atoms with Crippen LogP contribution in [0.3, 0.4) is 0 Å². The SMILES string of the molecule is O=C1CN(C(=O)O)[C@H]2CNC[C@@H]2N1. The molecule has 72 valence electrons. The highest BCUT2D eigenvalue weighted by Gasteiger charge is 2.40. The highest BCUT2D eigenvalue weighted by Crippen LogP contribution is 2.13. The summed E-state index contributed by atoms with van der Waals surface area (Å²) in [6, 6.07) is -0.160. The number of piperazine rings is 1. The van der Waals surface area contributed by atoms with Gasteiger partial charge in [0.2, 0.25) is 5.91 Å². The summed E-state index contributed by atoms with van der Waals surface area (Å²) in [5.74, 6) is -0.215. The van der Waals surface area contributed by atoms with Crippen LogP contribution >= 0.6 is 0 Å². The van der Waals surface area contributed by atoms with E-state index in [2.05, 4.69) is 10.6 Å². The number of carbonyl (C=O) groups is 2. The molecule has 0 aromatic heterocycles. The molecule has 0 bridgehead atoms. The smallest absolute Gasteiger partial charge is 0.408 e. The van der Waals surface area contributed by atoms with Crippen molar-refractivity contribution in [3.8, 4) is 0 Å². The van der Waals surface area contributed by atoms with Crippen molar-refractivity contribution < 1.29 is 14.7 Å². The fourth-order valence-electron chi connectivity index (χ4n) is 1.87. The van der Waals surface area contributed by atoms with Crippen LogP contribution in [0.25, 0.3) is 0 Å². The second kappa shape index (κ2) is 2.88.